The summed E-state index contributed by atoms with van der Waals surface area (Å²) in [5.74, 6) is 0.536. The van der Waals surface area contributed by atoms with Crippen molar-refractivity contribution in [2.45, 2.75) is 12.5 Å². The van der Waals surface area contributed by atoms with Crippen molar-refractivity contribution in [3.63, 3.8) is 0 Å². The van der Waals surface area contributed by atoms with Crippen LogP contribution in [0.1, 0.15) is 12.5 Å². The van der Waals surface area contributed by atoms with E-state index < -0.39 is 5.60 Å². The van der Waals surface area contributed by atoms with E-state index in [2.05, 4.69) is 0 Å². The molecule has 0 saturated heterocycles. The van der Waals surface area contributed by atoms with Crippen LogP contribution in [0.15, 0.2) is 48.5 Å². The number of aliphatic hydroxyl groups is 1. The van der Waals surface area contributed by atoms with E-state index in [1.165, 1.54) is 0 Å². The lowest BCUT2D eigenvalue weighted by atomic mass is 9.97. The highest BCUT2D eigenvalue weighted by Crippen LogP contribution is 2.26. The Bertz CT molecular complexity index is 533. The summed E-state index contributed by atoms with van der Waals surface area (Å²) in [6, 6.07) is 14.3. The first-order valence-electron chi connectivity index (χ1n) is 5.84. The summed E-state index contributed by atoms with van der Waals surface area (Å²) in [6.07, 6.45) is 0. The second-order valence-corrected chi connectivity index (χ2v) is 5.41. The minimum Gasteiger partial charge on any atom is -0.490 e. The lowest BCUT2D eigenvalue weighted by Gasteiger charge is -2.24. The lowest BCUT2D eigenvalue weighted by Crippen LogP contribution is -2.29. The van der Waals surface area contributed by atoms with Gasteiger partial charge in [0.2, 0.25) is 0 Å². The minimum atomic E-state index is -1.07. The monoisotopic (exact) mass is 296 g/mol. The minimum absolute atomic E-state index is 0.119. The fraction of sp³-hybridized carbons (Fsp3) is 0.200. The molecule has 2 aromatic carbocycles. The van der Waals surface area contributed by atoms with Gasteiger partial charge in [0.1, 0.15) is 18.0 Å². The Morgan fingerprint density at radius 3 is 2.21 bits per heavy atom. The third kappa shape index (κ3) is 3.87. The van der Waals surface area contributed by atoms with Crippen LogP contribution < -0.4 is 4.74 Å². The molecule has 2 rings (SSSR count). The molecule has 2 nitrogen and oxygen atoms in total. The molecule has 0 fully saturated rings. The number of hydrogen-bond donors (Lipinski definition) is 1. The molecule has 0 aliphatic heterocycles. The Balaban J connectivity index is 2.09. The van der Waals surface area contributed by atoms with Gasteiger partial charge >= 0.3 is 0 Å². The normalized spacial score (nSPS) is 13.9. The van der Waals surface area contributed by atoms with Crippen molar-refractivity contribution in [3.05, 3.63) is 64.1 Å². The van der Waals surface area contributed by atoms with Gasteiger partial charge in [-0.3, -0.25) is 0 Å². The van der Waals surface area contributed by atoms with Crippen LogP contribution >= 0.6 is 23.2 Å². The zero-order chi connectivity index (χ0) is 13.9. The summed E-state index contributed by atoms with van der Waals surface area (Å²) in [6.45, 7) is 1.82. The number of ether oxygens (including phenoxy) is 1. The molecule has 0 bridgehead atoms. The van der Waals surface area contributed by atoms with Crippen LogP contribution in [-0.2, 0) is 5.60 Å². The Hall–Kier alpha value is -1.22. The number of hydrogen-bond acceptors (Lipinski definition) is 2. The maximum atomic E-state index is 10.4. The van der Waals surface area contributed by atoms with Crippen molar-refractivity contribution >= 4 is 23.2 Å². The van der Waals surface area contributed by atoms with Crippen molar-refractivity contribution in [1.82, 2.24) is 0 Å². The third-order valence-corrected chi connectivity index (χ3v) is 3.19. The van der Waals surface area contributed by atoms with E-state index >= 15 is 0 Å². The number of rotatable bonds is 4. The summed E-state index contributed by atoms with van der Waals surface area (Å²) in [5.41, 5.74) is -0.279. The molecular weight excluding hydrogens is 283 g/mol. The van der Waals surface area contributed by atoms with Gasteiger partial charge in [0.25, 0.3) is 0 Å². The molecule has 2 aromatic rings. The quantitative estimate of drug-likeness (QED) is 0.912. The van der Waals surface area contributed by atoms with E-state index in [0.29, 0.717) is 15.8 Å². The zero-order valence-corrected chi connectivity index (χ0v) is 11.9. The van der Waals surface area contributed by atoms with Gasteiger partial charge in [-0.1, -0.05) is 53.5 Å². The van der Waals surface area contributed by atoms with Crippen LogP contribution in [0.25, 0.3) is 0 Å². The number of halogens is 2. The average Bonchev–Trinajstić information content (AvgIpc) is 2.37. The highest BCUT2D eigenvalue weighted by molar-refractivity contribution is 6.34. The largest absolute Gasteiger partial charge is 0.490 e. The molecule has 0 aliphatic rings. The summed E-state index contributed by atoms with van der Waals surface area (Å²) < 4.78 is 5.57. The van der Waals surface area contributed by atoms with Gasteiger partial charge in [-0.25, -0.2) is 0 Å². The molecule has 0 saturated carbocycles. The first kappa shape index (κ1) is 14.2. The van der Waals surface area contributed by atoms with Crippen LogP contribution in [-0.4, -0.2) is 11.7 Å². The summed E-state index contributed by atoms with van der Waals surface area (Å²) in [5, 5.41) is 11.4. The van der Waals surface area contributed by atoms with Crippen LogP contribution in [0.2, 0.25) is 10.0 Å². The van der Waals surface area contributed by atoms with Crippen LogP contribution in [0.3, 0.4) is 0 Å². The molecule has 0 aliphatic carbocycles. The molecule has 1 N–H and O–H groups in total. The zero-order valence-electron chi connectivity index (χ0n) is 10.4. The SMILES string of the molecule is CC(O)(COc1cc(Cl)cc(Cl)c1)c1ccccc1. The van der Waals surface area contributed by atoms with Gasteiger partial charge in [0.15, 0.2) is 0 Å². The molecule has 0 aromatic heterocycles. The Kier molecular flexibility index (Phi) is 4.35. The van der Waals surface area contributed by atoms with Gasteiger partial charge in [-0.05, 0) is 30.7 Å². The van der Waals surface area contributed by atoms with Crippen molar-refractivity contribution in [2.24, 2.45) is 0 Å². The van der Waals surface area contributed by atoms with Gasteiger partial charge in [0, 0.05) is 10.0 Å². The molecule has 19 heavy (non-hydrogen) atoms. The summed E-state index contributed by atoms with van der Waals surface area (Å²) in [4.78, 5) is 0. The van der Waals surface area contributed by atoms with Gasteiger partial charge in [-0.15, -0.1) is 0 Å². The van der Waals surface area contributed by atoms with E-state index in [-0.39, 0.29) is 6.61 Å². The predicted octanol–water partition coefficient (Wildman–Crippen LogP) is 4.28. The second-order valence-electron chi connectivity index (χ2n) is 4.53. The predicted molar refractivity (Wildman–Crippen MR) is 78.0 cm³/mol. The van der Waals surface area contributed by atoms with E-state index in [9.17, 15) is 5.11 Å². The van der Waals surface area contributed by atoms with E-state index in [1.54, 1.807) is 25.1 Å². The van der Waals surface area contributed by atoms with E-state index in [0.717, 1.165) is 5.56 Å². The van der Waals surface area contributed by atoms with Crippen molar-refractivity contribution in [1.29, 1.82) is 0 Å². The topological polar surface area (TPSA) is 29.5 Å². The van der Waals surface area contributed by atoms with E-state index in [1.807, 2.05) is 30.3 Å². The van der Waals surface area contributed by atoms with E-state index in [4.69, 9.17) is 27.9 Å². The smallest absolute Gasteiger partial charge is 0.122 e. The Labute approximate surface area is 122 Å². The standard InChI is InChI=1S/C15H14Cl2O2/c1-15(18,11-5-3-2-4-6-11)10-19-14-8-12(16)7-13(17)9-14/h2-9,18H,10H2,1H3. The molecule has 4 heteroatoms. The van der Waals surface area contributed by atoms with Crippen molar-refractivity contribution < 1.29 is 9.84 Å². The summed E-state index contributed by atoms with van der Waals surface area (Å²) >= 11 is 11.8. The maximum Gasteiger partial charge on any atom is 0.122 e. The van der Waals surface area contributed by atoms with Crippen LogP contribution in [0.4, 0.5) is 0 Å². The second kappa shape index (κ2) is 5.83. The molecule has 0 spiro atoms. The van der Waals surface area contributed by atoms with Crippen LogP contribution in [0, 0.1) is 0 Å². The molecule has 0 heterocycles. The Morgan fingerprint density at radius 1 is 1.05 bits per heavy atom. The third-order valence-electron chi connectivity index (χ3n) is 2.75. The highest BCUT2D eigenvalue weighted by Gasteiger charge is 2.23. The van der Waals surface area contributed by atoms with Gasteiger partial charge in [-0.2, -0.15) is 0 Å². The fourth-order valence-electron chi connectivity index (χ4n) is 1.72. The first-order chi connectivity index (χ1) is 8.97. The maximum absolute atomic E-state index is 10.4. The van der Waals surface area contributed by atoms with Crippen LogP contribution in [0.5, 0.6) is 5.75 Å². The van der Waals surface area contributed by atoms with Crippen molar-refractivity contribution in [2.75, 3.05) is 6.61 Å². The van der Waals surface area contributed by atoms with Gasteiger partial charge < -0.3 is 9.84 Å². The van der Waals surface area contributed by atoms with Crippen molar-refractivity contribution in [3.8, 4) is 5.75 Å². The molecular formula is C15H14Cl2O2. The average molecular weight is 297 g/mol. The summed E-state index contributed by atoms with van der Waals surface area (Å²) in [7, 11) is 0. The highest BCUT2D eigenvalue weighted by atomic mass is 35.5. The fourth-order valence-corrected chi connectivity index (χ4v) is 2.22. The lowest BCUT2D eigenvalue weighted by molar-refractivity contribution is 0.00760. The Morgan fingerprint density at radius 2 is 1.63 bits per heavy atom. The molecule has 0 amide bonds. The molecule has 1 atom stereocenters. The molecule has 0 radical (unpaired) electrons. The first-order valence-corrected chi connectivity index (χ1v) is 6.60. The molecule has 1 unspecified atom stereocenters. The van der Waals surface area contributed by atoms with Gasteiger partial charge in [0.05, 0.1) is 0 Å². The molecule has 100 valence electrons. The number of benzene rings is 2.